The number of aromatic nitrogens is 3. The Kier molecular flexibility index (Phi) is 5.43. The molecule has 1 aliphatic heterocycles. The zero-order valence-corrected chi connectivity index (χ0v) is 18.6. The molecular weight excluding hydrogens is 402 g/mol. The summed E-state index contributed by atoms with van der Waals surface area (Å²) in [5, 5.41) is 4.13. The SMILES string of the molecule is CN(c1ccc2c(n1)OCc1cc(-c3cnn(C)c(=O)c3)ccc1-2)C1CCCCC(N)C1. The molecule has 3 aromatic rings. The van der Waals surface area contributed by atoms with E-state index in [1.807, 2.05) is 6.07 Å². The predicted molar refractivity (Wildman–Crippen MR) is 126 cm³/mol. The summed E-state index contributed by atoms with van der Waals surface area (Å²) in [7, 11) is 3.76. The molecule has 2 aromatic heterocycles. The Morgan fingerprint density at radius 3 is 2.75 bits per heavy atom. The fourth-order valence-corrected chi connectivity index (χ4v) is 4.78. The number of nitrogens with two attached hydrogens (primary N) is 1. The zero-order valence-electron chi connectivity index (χ0n) is 18.6. The second-order valence-corrected chi connectivity index (χ2v) is 8.93. The van der Waals surface area contributed by atoms with Gasteiger partial charge in [0, 0.05) is 43.4 Å². The van der Waals surface area contributed by atoms with Crippen LogP contribution < -0.4 is 20.9 Å². The molecular formula is C25H29N5O2. The third kappa shape index (κ3) is 3.88. The lowest BCUT2D eigenvalue weighted by molar-refractivity contribution is 0.290. The van der Waals surface area contributed by atoms with Gasteiger partial charge in [-0.1, -0.05) is 25.0 Å². The molecule has 166 valence electrons. The van der Waals surface area contributed by atoms with E-state index in [-0.39, 0.29) is 11.6 Å². The topological polar surface area (TPSA) is 86.3 Å². The monoisotopic (exact) mass is 431 g/mol. The number of ether oxygens (including phenoxy) is 1. The van der Waals surface area contributed by atoms with Gasteiger partial charge in [0.05, 0.1) is 6.20 Å². The van der Waals surface area contributed by atoms with Crippen molar-refractivity contribution >= 4 is 5.82 Å². The molecule has 5 rings (SSSR count). The summed E-state index contributed by atoms with van der Waals surface area (Å²) in [5.41, 5.74) is 11.1. The lowest BCUT2D eigenvalue weighted by Gasteiger charge is -2.30. The van der Waals surface area contributed by atoms with Gasteiger partial charge in [-0.25, -0.2) is 4.68 Å². The van der Waals surface area contributed by atoms with Crippen LogP contribution in [0.2, 0.25) is 0 Å². The number of rotatable bonds is 3. The molecule has 0 saturated heterocycles. The van der Waals surface area contributed by atoms with Gasteiger partial charge in [0.2, 0.25) is 5.88 Å². The van der Waals surface area contributed by atoms with Gasteiger partial charge in [0.25, 0.3) is 5.56 Å². The van der Waals surface area contributed by atoms with E-state index in [1.165, 1.54) is 17.5 Å². The fourth-order valence-electron chi connectivity index (χ4n) is 4.78. The number of hydrogen-bond acceptors (Lipinski definition) is 6. The van der Waals surface area contributed by atoms with Gasteiger partial charge in [-0.2, -0.15) is 10.1 Å². The van der Waals surface area contributed by atoms with E-state index in [0.29, 0.717) is 18.5 Å². The molecule has 2 N–H and O–H groups in total. The van der Waals surface area contributed by atoms with Gasteiger partial charge >= 0.3 is 0 Å². The molecule has 7 nitrogen and oxygen atoms in total. The minimum atomic E-state index is -0.128. The van der Waals surface area contributed by atoms with Crippen LogP contribution in [-0.4, -0.2) is 33.9 Å². The first-order valence-corrected chi connectivity index (χ1v) is 11.3. The largest absolute Gasteiger partial charge is 0.472 e. The van der Waals surface area contributed by atoms with E-state index in [4.69, 9.17) is 15.5 Å². The summed E-state index contributed by atoms with van der Waals surface area (Å²) >= 11 is 0. The maximum Gasteiger partial charge on any atom is 0.267 e. The van der Waals surface area contributed by atoms with Crippen LogP contribution in [0.25, 0.3) is 22.3 Å². The summed E-state index contributed by atoms with van der Waals surface area (Å²) < 4.78 is 7.39. The Morgan fingerprint density at radius 1 is 1.09 bits per heavy atom. The molecule has 1 aromatic carbocycles. The molecule has 2 unspecified atom stereocenters. The molecule has 2 atom stereocenters. The van der Waals surface area contributed by atoms with Crippen LogP contribution in [0.5, 0.6) is 5.88 Å². The first-order chi connectivity index (χ1) is 15.5. The summed E-state index contributed by atoms with van der Waals surface area (Å²) in [4.78, 5) is 19.1. The number of fused-ring (bicyclic) bond motifs is 3. The fraction of sp³-hybridized carbons (Fsp3) is 0.400. The van der Waals surface area contributed by atoms with Crippen LogP contribution in [0, 0.1) is 0 Å². The van der Waals surface area contributed by atoms with Crippen LogP contribution in [0.15, 0.2) is 47.4 Å². The first-order valence-electron chi connectivity index (χ1n) is 11.3. The third-order valence-corrected chi connectivity index (χ3v) is 6.75. The number of benzene rings is 1. The van der Waals surface area contributed by atoms with Gasteiger partial charge in [-0.15, -0.1) is 0 Å². The molecule has 1 aliphatic carbocycles. The quantitative estimate of drug-likeness (QED) is 0.639. The molecule has 7 heteroatoms. The van der Waals surface area contributed by atoms with Crippen LogP contribution in [0.4, 0.5) is 5.82 Å². The molecule has 1 fully saturated rings. The van der Waals surface area contributed by atoms with Crippen molar-refractivity contribution in [1.82, 2.24) is 14.8 Å². The normalized spacial score (nSPS) is 20.0. The molecule has 1 saturated carbocycles. The molecule has 0 amide bonds. The summed E-state index contributed by atoms with van der Waals surface area (Å²) in [6.45, 7) is 0.447. The second-order valence-electron chi connectivity index (χ2n) is 8.93. The first kappa shape index (κ1) is 20.7. The van der Waals surface area contributed by atoms with Crippen LogP contribution in [0.1, 0.15) is 37.7 Å². The van der Waals surface area contributed by atoms with E-state index < -0.39 is 0 Å². The lowest BCUT2D eigenvalue weighted by atomic mass is 9.95. The number of aryl methyl sites for hydroxylation is 1. The van der Waals surface area contributed by atoms with Crippen molar-refractivity contribution in [3.05, 3.63) is 58.5 Å². The third-order valence-electron chi connectivity index (χ3n) is 6.75. The van der Waals surface area contributed by atoms with Gasteiger partial charge in [-0.3, -0.25) is 4.79 Å². The van der Waals surface area contributed by atoms with E-state index in [9.17, 15) is 4.79 Å². The van der Waals surface area contributed by atoms with E-state index in [1.54, 1.807) is 19.3 Å². The summed E-state index contributed by atoms with van der Waals surface area (Å²) in [5.74, 6) is 1.59. The van der Waals surface area contributed by atoms with Crippen LogP contribution in [-0.2, 0) is 13.7 Å². The van der Waals surface area contributed by atoms with Crippen molar-refractivity contribution in [2.24, 2.45) is 12.8 Å². The van der Waals surface area contributed by atoms with Crippen molar-refractivity contribution in [1.29, 1.82) is 0 Å². The van der Waals surface area contributed by atoms with E-state index >= 15 is 0 Å². The molecule has 3 heterocycles. The van der Waals surface area contributed by atoms with Crippen molar-refractivity contribution < 1.29 is 4.74 Å². The highest BCUT2D eigenvalue weighted by atomic mass is 16.5. The number of hydrogen-bond donors (Lipinski definition) is 1. The molecule has 32 heavy (non-hydrogen) atoms. The average molecular weight is 432 g/mol. The Labute approximate surface area is 187 Å². The van der Waals surface area contributed by atoms with E-state index in [0.717, 1.165) is 52.9 Å². The molecule has 0 bridgehead atoms. The molecule has 0 radical (unpaired) electrons. The zero-order chi connectivity index (χ0) is 22.2. The number of nitrogens with zero attached hydrogens (tertiary/aromatic N) is 4. The second kappa shape index (κ2) is 8.39. The average Bonchev–Trinajstić information content (AvgIpc) is 3.03. The summed E-state index contributed by atoms with van der Waals surface area (Å²) in [6.07, 6.45) is 7.38. The number of anilines is 1. The highest BCUT2D eigenvalue weighted by Crippen LogP contribution is 2.39. The van der Waals surface area contributed by atoms with Crippen molar-refractivity contribution in [3.8, 4) is 28.1 Å². The van der Waals surface area contributed by atoms with Gasteiger partial charge in [0.1, 0.15) is 12.4 Å². The highest BCUT2D eigenvalue weighted by molar-refractivity contribution is 5.78. The Balaban J connectivity index is 1.43. The number of pyridine rings is 1. The van der Waals surface area contributed by atoms with Gasteiger partial charge in [0.15, 0.2) is 0 Å². The maximum absolute atomic E-state index is 12.0. The molecule has 0 spiro atoms. The highest BCUT2D eigenvalue weighted by Gasteiger charge is 2.25. The summed E-state index contributed by atoms with van der Waals surface area (Å²) in [6, 6.07) is 12.6. The Morgan fingerprint density at radius 2 is 1.91 bits per heavy atom. The predicted octanol–water partition coefficient (Wildman–Crippen LogP) is 3.50. The molecule has 2 aliphatic rings. The minimum absolute atomic E-state index is 0.128. The van der Waals surface area contributed by atoms with Crippen LogP contribution in [0.3, 0.4) is 0 Å². The van der Waals surface area contributed by atoms with Crippen molar-refractivity contribution in [2.45, 2.75) is 50.8 Å². The lowest BCUT2D eigenvalue weighted by Crippen LogP contribution is -2.36. The standard InChI is InChI=1S/C25H29N5O2/c1-29(20-6-4-3-5-19(26)13-20)23-10-9-22-21-8-7-16(11-18(21)15-32-25(22)28-23)17-12-24(31)30(2)27-14-17/h7-12,14,19-20H,3-6,13,15,26H2,1-2H3. The Bertz CT molecular complexity index is 1210. The van der Waals surface area contributed by atoms with Gasteiger partial charge < -0.3 is 15.4 Å². The van der Waals surface area contributed by atoms with Crippen molar-refractivity contribution in [3.63, 3.8) is 0 Å². The minimum Gasteiger partial charge on any atom is -0.472 e. The van der Waals surface area contributed by atoms with E-state index in [2.05, 4.69) is 41.3 Å². The van der Waals surface area contributed by atoms with Gasteiger partial charge in [-0.05, 0) is 54.2 Å². The maximum atomic E-state index is 12.0. The Hall–Kier alpha value is -3.19. The van der Waals surface area contributed by atoms with Crippen LogP contribution >= 0.6 is 0 Å². The smallest absolute Gasteiger partial charge is 0.267 e. The van der Waals surface area contributed by atoms with Crippen molar-refractivity contribution in [2.75, 3.05) is 11.9 Å².